The van der Waals surface area contributed by atoms with Gasteiger partial charge < -0.3 is 10.1 Å². The first-order chi connectivity index (χ1) is 12.8. The molecule has 1 amide bonds. The summed E-state index contributed by atoms with van der Waals surface area (Å²) in [7, 11) is -1.85. The summed E-state index contributed by atoms with van der Waals surface area (Å²) >= 11 is 1.34. The van der Waals surface area contributed by atoms with E-state index >= 15 is 0 Å². The van der Waals surface area contributed by atoms with E-state index in [0.29, 0.717) is 36.5 Å². The van der Waals surface area contributed by atoms with Crippen LogP contribution in [-0.4, -0.2) is 50.6 Å². The molecule has 1 aliphatic rings. The molecule has 1 aliphatic heterocycles. The maximum Gasteiger partial charge on any atom is 0.348 e. The predicted molar refractivity (Wildman–Crippen MR) is 106 cm³/mol. The van der Waals surface area contributed by atoms with Crippen molar-refractivity contribution >= 4 is 49.0 Å². The van der Waals surface area contributed by atoms with Crippen molar-refractivity contribution in [2.45, 2.75) is 19.8 Å². The Morgan fingerprint density at radius 1 is 1.26 bits per heavy atom. The van der Waals surface area contributed by atoms with Gasteiger partial charge in [-0.1, -0.05) is 0 Å². The lowest BCUT2D eigenvalue weighted by Crippen LogP contribution is -2.42. The van der Waals surface area contributed by atoms with Crippen LogP contribution < -0.4 is 5.32 Å². The highest BCUT2D eigenvalue weighted by atomic mass is 32.2. The van der Waals surface area contributed by atoms with E-state index < -0.39 is 10.0 Å². The summed E-state index contributed by atoms with van der Waals surface area (Å²) in [5.74, 6) is -0.614. The number of anilines is 1. The molecule has 0 bridgehead atoms. The highest BCUT2D eigenvalue weighted by Gasteiger charge is 2.30. The number of nitrogens with zero attached hydrogens (tertiary/aromatic N) is 1. The number of carbonyl (C=O) groups is 2. The zero-order chi connectivity index (χ0) is 19.6. The summed E-state index contributed by atoms with van der Waals surface area (Å²) < 4.78 is 31.0. The number of carbonyl (C=O) groups excluding carboxylic acids is 2. The Kier molecular flexibility index (Phi) is 5.83. The molecule has 0 spiro atoms. The highest BCUT2D eigenvalue weighted by Crippen LogP contribution is 2.29. The summed E-state index contributed by atoms with van der Waals surface area (Å²) in [4.78, 5) is 24.7. The highest BCUT2D eigenvalue weighted by molar-refractivity contribution is 7.89. The Balaban J connectivity index is 1.65. The fraction of sp³-hybridized carbons (Fsp3) is 0.444. The zero-order valence-corrected chi connectivity index (χ0v) is 16.9. The van der Waals surface area contributed by atoms with Crippen LogP contribution in [0.1, 0.15) is 29.4 Å². The number of esters is 1. The van der Waals surface area contributed by atoms with Crippen molar-refractivity contribution in [3.05, 3.63) is 29.1 Å². The van der Waals surface area contributed by atoms with E-state index in [-0.39, 0.29) is 23.5 Å². The average Bonchev–Trinajstić information content (AvgIpc) is 3.10. The molecule has 146 valence electrons. The van der Waals surface area contributed by atoms with Crippen LogP contribution in [0.4, 0.5) is 5.69 Å². The number of rotatable bonds is 5. The molecule has 0 atom stereocenters. The third-order valence-electron chi connectivity index (χ3n) is 4.75. The molecule has 0 aliphatic carbocycles. The number of methoxy groups -OCH3 is 1. The second kappa shape index (κ2) is 7.95. The molecule has 27 heavy (non-hydrogen) atoms. The van der Waals surface area contributed by atoms with Gasteiger partial charge in [0.2, 0.25) is 15.9 Å². The monoisotopic (exact) mass is 410 g/mol. The third-order valence-corrected chi connectivity index (χ3v) is 7.73. The van der Waals surface area contributed by atoms with Crippen LogP contribution in [-0.2, 0) is 19.6 Å². The van der Waals surface area contributed by atoms with Crippen molar-refractivity contribution < 1.29 is 22.7 Å². The molecule has 1 aromatic heterocycles. The van der Waals surface area contributed by atoms with Gasteiger partial charge in [0.1, 0.15) is 4.88 Å². The number of fused-ring (bicyclic) bond motifs is 1. The quantitative estimate of drug-likeness (QED) is 0.765. The van der Waals surface area contributed by atoms with Gasteiger partial charge in [0.05, 0.1) is 12.9 Å². The molecular formula is C18H22N2O5S2. The first-order valence-corrected chi connectivity index (χ1v) is 11.2. The number of thiophene rings is 1. The van der Waals surface area contributed by atoms with Crippen LogP contribution in [0.3, 0.4) is 0 Å². The largest absolute Gasteiger partial charge is 0.465 e. The number of hydrogen-bond acceptors (Lipinski definition) is 6. The molecule has 0 radical (unpaired) electrons. The van der Waals surface area contributed by atoms with E-state index in [1.807, 2.05) is 12.1 Å². The molecule has 1 fully saturated rings. The molecule has 7 nitrogen and oxygen atoms in total. The lowest BCUT2D eigenvalue weighted by molar-refractivity contribution is -0.120. The average molecular weight is 411 g/mol. The second-order valence-electron chi connectivity index (χ2n) is 6.42. The molecule has 1 aromatic carbocycles. The third kappa shape index (κ3) is 4.31. The Morgan fingerprint density at radius 3 is 2.59 bits per heavy atom. The maximum atomic E-state index is 12.5. The van der Waals surface area contributed by atoms with Gasteiger partial charge in [0.25, 0.3) is 0 Å². The summed E-state index contributed by atoms with van der Waals surface area (Å²) in [6, 6.07) is 7.23. The van der Waals surface area contributed by atoms with Crippen molar-refractivity contribution in [2.24, 2.45) is 5.92 Å². The fourth-order valence-electron chi connectivity index (χ4n) is 3.15. The standard InChI is InChI=1S/C18H22N2O5S2/c1-3-27(23,24)20-8-6-12(7-9-20)17(21)19-14-4-5-15-13(10-14)11-16(26-15)18(22)25-2/h4-5,10-12H,3,6-9H2,1-2H3,(H,19,21). The van der Waals surface area contributed by atoms with Gasteiger partial charge >= 0.3 is 5.97 Å². The van der Waals surface area contributed by atoms with Crippen LogP contribution in [0.25, 0.3) is 10.1 Å². The Hall–Kier alpha value is -1.97. The minimum atomic E-state index is -3.20. The predicted octanol–water partition coefficient (Wildman–Crippen LogP) is 2.69. The van der Waals surface area contributed by atoms with Gasteiger partial charge in [-0.3, -0.25) is 4.79 Å². The van der Waals surface area contributed by atoms with E-state index in [0.717, 1.165) is 10.1 Å². The van der Waals surface area contributed by atoms with Crippen molar-refractivity contribution in [1.29, 1.82) is 0 Å². The Bertz CT molecular complexity index is 959. The van der Waals surface area contributed by atoms with Crippen LogP contribution >= 0.6 is 11.3 Å². The molecule has 2 aromatic rings. The lowest BCUT2D eigenvalue weighted by atomic mass is 9.97. The first kappa shape index (κ1) is 19.8. The lowest BCUT2D eigenvalue weighted by Gasteiger charge is -2.30. The van der Waals surface area contributed by atoms with Gasteiger partial charge in [-0.25, -0.2) is 17.5 Å². The number of ether oxygens (including phenoxy) is 1. The molecule has 3 rings (SSSR count). The van der Waals surface area contributed by atoms with Gasteiger partial charge in [-0.2, -0.15) is 0 Å². The van der Waals surface area contributed by atoms with Crippen molar-refractivity contribution in [3.8, 4) is 0 Å². The Morgan fingerprint density at radius 2 is 1.96 bits per heavy atom. The number of nitrogens with one attached hydrogen (secondary N) is 1. The van der Waals surface area contributed by atoms with E-state index in [2.05, 4.69) is 5.32 Å². The smallest absolute Gasteiger partial charge is 0.348 e. The van der Waals surface area contributed by atoms with E-state index in [9.17, 15) is 18.0 Å². The molecule has 0 unspecified atom stereocenters. The van der Waals surface area contributed by atoms with E-state index in [4.69, 9.17) is 4.74 Å². The van der Waals surface area contributed by atoms with Gasteiger partial charge in [0, 0.05) is 29.4 Å². The van der Waals surface area contributed by atoms with Gasteiger partial charge in [0.15, 0.2) is 0 Å². The van der Waals surface area contributed by atoms with Crippen LogP contribution in [0, 0.1) is 5.92 Å². The normalized spacial score (nSPS) is 16.4. The number of benzene rings is 1. The number of sulfonamides is 1. The molecular weight excluding hydrogens is 388 g/mol. The summed E-state index contributed by atoms with van der Waals surface area (Å²) in [6.45, 7) is 2.38. The molecule has 0 saturated carbocycles. The molecule has 9 heteroatoms. The summed E-state index contributed by atoms with van der Waals surface area (Å²) in [6.07, 6.45) is 1.02. The van der Waals surface area contributed by atoms with Gasteiger partial charge in [-0.15, -0.1) is 11.3 Å². The minimum absolute atomic E-state index is 0.0814. The summed E-state index contributed by atoms with van der Waals surface area (Å²) in [5.41, 5.74) is 0.658. The summed E-state index contributed by atoms with van der Waals surface area (Å²) in [5, 5.41) is 3.77. The van der Waals surface area contributed by atoms with Crippen molar-refractivity contribution in [3.63, 3.8) is 0 Å². The molecule has 1 saturated heterocycles. The maximum absolute atomic E-state index is 12.5. The van der Waals surface area contributed by atoms with Crippen molar-refractivity contribution in [1.82, 2.24) is 4.31 Å². The van der Waals surface area contributed by atoms with Gasteiger partial charge in [-0.05, 0) is 49.4 Å². The minimum Gasteiger partial charge on any atom is -0.465 e. The first-order valence-electron chi connectivity index (χ1n) is 8.74. The number of piperidine rings is 1. The van der Waals surface area contributed by atoms with Crippen LogP contribution in [0.5, 0.6) is 0 Å². The van der Waals surface area contributed by atoms with E-state index in [1.165, 1.54) is 22.8 Å². The topological polar surface area (TPSA) is 92.8 Å². The Labute approximate surface area is 162 Å². The van der Waals surface area contributed by atoms with Crippen LogP contribution in [0.15, 0.2) is 24.3 Å². The number of hydrogen-bond donors (Lipinski definition) is 1. The number of amides is 1. The SMILES string of the molecule is CCS(=O)(=O)N1CCC(C(=O)Nc2ccc3sc(C(=O)OC)cc3c2)CC1. The van der Waals surface area contributed by atoms with Crippen LogP contribution in [0.2, 0.25) is 0 Å². The van der Waals surface area contributed by atoms with Crippen molar-refractivity contribution in [2.75, 3.05) is 31.3 Å². The molecule has 2 heterocycles. The second-order valence-corrected chi connectivity index (χ2v) is 9.76. The molecule has 1 N–H and O–H groups in total. The zero-order valence-electron chi connectivity index (χ0n) is 15.2. The fourth-order valence-corrected chi connectivity index (χ4v) is 5.24. The van der Waals surface area contributed by atoms with E-state index in [1.54, 1.807) is 19.1 Å².